The summed E-state index contributed by atoms with van der Waals surface area (Å²) in [6.07, 6.45) is 0. The van der Waals surface area contributed by atoms with Crippen LogP contribution in [0, 0.1) is 6.92 Å². The Morgan fingerprint density at radius 1 is 1.04 bits per heavy atom. The van der Waals surface area contributed by atoms with E-state index in [-0.39, 0.29) is 5.91 Å². The number of anilines is 1. The summed E-state index contributed by atoms with van der Waals surface area (Å²) in [5, 5.41) is 5.72. The van der Waals surface area contributed by atoms with E-state index in [9.17, 15) is 9.59 Å². The molecule has 0 saturated carbocycles. The molecule has 0 bridgehead atoms. The molecule has 1 amide bonds. The number of nitrogens with one attached hydrogen (secondary N) is 1. The molecule has 26 heavy (non-hydrogen) atoms. The highest BCUT2D eigenvalue weighted by Crippen LogP contribution is 2.25. The second-order valence-electron chi connectivity index (χ2n) is 5.97. The molecule has 4 aromatic rings. The maximum absolute atomic E-state index is 12.5. The van der Waals surface area contributed by atoms with Crippen LogP contribution in [-0.4, -0.2) is 5.91 Å². The average Bonchev–Trinajstić information content (AvgIpc) is 3.16. The van der Waals surface area contributed by atoms with Gasteiger partial charge in [0.15, 0.2) is 0 Å². The Bertz CT molecular complexity index is 1140. The molecule has 0 atom stereocenters. The Kier molecular flexibility index (Phi) is 4.14. The lowest BCUT2D eigenvalue weighted by Crippen LogP contribution is -2.11. The van der Waals surface area contributed by atoms with Crippen LogP contribution in [0.15, 0.2) is 75.3 Å². The summed E-state index contributed by atoms with van der Waals surface area (Å²) in [7, 11) is 0. The van der Waals surface area contributed by atoms with Crippen molar-refractivity contribution >= 4 is 33.9 Å². The van der Waals surface area contributed by atoms with Gasteiger partial charge in [-0.2, -0.15) is 0 Å². The largest absolute Gasteiger partial charge is 0.423 e. The van der Waals surface area contributed by atoms with Crippen molar-refractivity contribution in [3.8, 4) is 10.4 Å². The van der Waals surface area contributed by atoms with Crippen LogP contribution in [0.2, 0.25) is 0 Å². The number of benzene rings is 2. The van der Waals surface area contributed by atoms with E-state index in [1.807, 2.05) is 42.6 Å². The topological polar surface area (TPSA) is 59.3 Å². The van der Waals surface area contributed by atoms with Gasteiger partial charge in [0.25, 0.3) is 5.91 Å². The molecule has 0 aliphatic rings. The van der Waals surface area contributed by atoms with Crippen molar-refractivity contribution in [2.45, 2.75) is 6.92 Å². The highest BCUT2D eigenvalue weighted by Gasteiger charge is 2.09. The number of aryl methyl sites for hydroxylation is 1. The van der Waals surface area contributed by atoms with E-state index in [0.717, 1.165) is 21.4 Å². The van der Waals surface area contributed by atoms with Gasteiger partial charge < -0.3 is 9.73 Å². The first kappa shape index (κ1) is 16.3. The molecule has 0 saturated heterocycles. The fourth-order valence-electron chi connectivity index (χ4n) is 2.83. The van der Waals surface area contributed by atoms with Crippen LogP contribution < -0.4 is 10.9 Å². The smallest absolute Gasteiger partial charge is 0.336 e. The minimum absolute atomic E-state index is 0.211. The van der Waals surface area contributed by atoms with Gasteiger partial charge in [0.05, 0.1) is 0 Å². The molecule has 0 radical (unpaired) electrons. The van der Waals surface area contributed by atoms with E-state index >= 15 is 0 Å². The summed E-state index contributed by atoms with van der Waals surface area (Å²) < 4.78 is 5.22. The lowest BCUT2D eigenvalue weighted by Gasteiger charge is -2.07. The third-order valence-corrected chi connectivity index (χ3v) is 5.08. The normalized spacial score (nSPS) is 10.8. The summed E-state index contributed by atoms with van der Waals surface area (Å²) in [6, 6.07) is 18.3. The summed E-state index contributed by atoms with van der Waals surface area (Å²) in [6.45, 7) is 1.85. The fraction of sp³-hybridized carbons (Fsp3) is 0.0476. The summed E-state index contributed by atoms with van der Waals surface area (Å²) in [5.74, 6) is -0.211. The van der Waals surface area contributed by atoms with Crippen LogP contribution in [0.25, 0.3) is 21.4 Å². The number of hydrogen-bond donors (Lipinski definition) is 1. The molecule has 0 unspecified atom stereocenters. The molecular weight excluding hydrogens is 346 g/mol. The first-order valence-corrected chi connectivity index (χ1v) is 8.98. The molecule has 4 rings (SSSR count). The van der Waals surface area contributed by atoms with Gasteiger partial charge in [-0.15, -0.1) is 11.3 Å². The number of rotatable bonds is 3. The third kappa shape index (κ3) is 3.17. The first-order valence-electron chi connectivity index (χ1n) is 8.10. The number of fused-ring (bicyclic) bond motifs is 1. The molecule has 1 N–H and O–H groups in total. The van der Waals surface area contributed by atoms with Crippen LogP contribution in [0.1, 0.15) is 15.9 Å². The van der Waals surface area contributed by atoms with Gasteiger partial charge in [0, 0.05) is 33.6 Å². The Balaban J connectivity index is 1.58. The van der Waals surface area contributed by atoms with Crippen molar-refractivity contribution in [3.05, 3.63) is 87.6 Å². The standard InChI is InChI=1S/C21H15NO3S/c1-13-11-20(23)25-18-12-16(8-9-17(13)18)22-21(24)15-6-4-14(5-7-15)19-3-2-10-26-19/h2-12H,1H3,(H,22,24). The molecule has 0 aliphatic heterocycles. The van der Waals surface area contributed by atoms with Crippen molar-refractivity contribution < 1.29 is 9.21 Å². The molecule has 2 aromatic carbocycles. The van der Waals surface area contributed by atoms with Crippen molar-refractivity contribution in [2.24, 2.45) is 0 Å². The molecule has 5 heteroatoms. The molecule has 0 aliphatic carbocycles. The Morgan fingerprint density at radius 2 is 1.85 bits per heavy atom. The monoisotopic (exact) mass is 361 g/mol. The van der Waals surface area contributed by atoms with Crippen LogP contribution in [0.5, 0.6) is 0 Å². The van der Waals surface area contributed by atoms with E-state index in [2.05, 4.69) is 5.32 Å². The highest BCUT2D eigenvalue weighted by atomic mass is 32.1. The lowest BCUT2D eigenvalue weighted by molar-refractivity contribution is 0.102. The second-order valence-corrected chi connectivity index (χ2v) is 6.92. The van der Waals surface area contributed by atoms with Crippen LogP contribution in [0.4, 0.5) is 5.69 Å². The number of carbonyl (C=O) groups excluding carboxylic acids is 1. The maximum atomic E-state index is 12.5. The van der Waals surface area contributed by atoms with Gasteiger partial charge in [-0.05, 0) is 53.8 Å². The quantitative estimate of drug-likeness (QED) is 0.518. The summed E-state index contributed by atoms with van der Waals surface area (Å²) in [5.41, 5.74) is 3.14. The Labute approximate surface area is 153 Å². The van der Waals surface area contributed by atoms with Gasteiger partial charge in [-0.3, -0.25) is 4.79 Å². The predicted molar refractivity (Wildman–Crippen MR) is 105 cm³/mol. The highest BCUT2D eigenvalue weighted by molar-refractivity contribution is 7.13. The molecule has 0 fully saturated rings. The zero-order valence-corrected chi connectivity index (χ0v) is 14.8. The number of carbonyl (C=O) groups is 1. The van der Waals surface area contributed by atoms with E-state index in [4.69, 9.17) is 4.42 Å². The van der Waals surface area contributed by atoms with Gasteiger partial charge >= 0.3 is 5.63 Å². The lowest BCUT2D eigenvalue weighted by atomic mass is 10.1. The number of amides is 1. The average molecular weight is 361 g/mol. The van der Waals surface area contributed by atoms with Gasteiger partial charge in [0.2, 0.25) is 0 Å². The summed E-state index contributed by atoms with van der Waals surface area (Å²) in [4.78, 5) is 25.2. The zero-order valence-electron chi connectivity index (χ0n) is 14.0. The van der Waals surface area contributed by atoms with E-state index in [0.29, 0.717) is 16.8 Å². The van der Waals surface area contributed by atoms with Crippen molar-refractivity contribution in [2.75, 3.05) is 5.32 Å². The number of thiophene rings is 1. The van der Waals surface area contributed by atoms with Gasteiger partial charge in [-0.25, -0.2) is 4.79 Å². The predicted octanol–water partition coefficient (Wildman–Crippen LogP) is 5.08. The molecule has 4 nitrogen and oxygen atoms in total. The molecular formula is C21H15NO3S. The van der Waals surface area contributed by atoms with Gasteiger partial charge in [0.1, 0.15) is 5.58 Å². The minimum atomic E-state index is -0.400. The molecule has 2 heterocycles. The zero-order chi connectivity index (χ0) is 18.1. The van der Waals surface area contributed by atoms with Crippen LogP contribution >= 0.6 is 11.3 Å². The molecule has 0 spiro atoms. The summed E-state index contributed by atoms with van der Waals surface area (Å²) >= 11 is 1.66. The minimum Gasteiger partial charge on any atom is -0.423 e. The van der Waals surface area contributed by atoms with Crippen molar-refractivity contribution in [3.63, 3.8) is 0 Å². The maximum Gasteiger partial charge on any atom is 0.336 e. The second kappa shape index (κ2) is 6.61. The Morgan fingerprint density at radius 3 is 2.58 bits per heavy atom. The van der Waals surface area contributed by atoms with E-state index in [1.165, 1.54) is 6.07 Å². The third-order valence-electron chi connectivity index (χ3n) is 4.16. The molecule has 128 valence electrons. The first-order chi connectivity index (χ1) is 12.6. The fourth-order valence-corrected chi connectivity index (χ4v) is 3.57. The molecule has 2 aromatic heterocycles. The van der Waals surface area contributed by atoms with Crippen LogP contribution in [-0.2, 0) is 0 Å². The Hall–Kier alpha value is -3.18. The number of hydrogen-bond acceptors (Lipinski definition) is 4. The van der Waals surface area contributed by atoms with Gasteiger partial charge in [-0.1, -0.05) is 18.2 Å². The van der Waals surface area contributed by atoms with Crippen molar-refractivity contribution in [1.82, 2.24) is 0 Å². The SMILES string of the molecule is Cc1cc(=O)oc2cc(NC(=O)c3ccc(-c4cccs4)cc3)ccc12. The van der Waals surface area contributed by atoms with E-state index < -0.39 is 5.63 Å². The van der Waals surface area contributed by atoms with Crippen molar-refractivity contribution in [1.29, 1.82) is 0 Å². The van der Waals surface area contributed by atoms with E-state index in [1.54, 1.807) is 35.6 Å². The van der Waals surface area contributed by atoms with Crippen LogP contribution in [0.3, 0.4) is 0 Å².